The first-order valence-corrected chi connectivity index (χ1v) is 6.27. The molecule has 1 aliphatic carbocycles. The molecule has 1 saturated carbocycles. The Bertz CT molecular complexity index is 307. The van der Waals surface area contributed by atoms with E-state index in [0.29, 0.717) is 6.10 Å². The van der Waals surface area contributed by atoms with Crippen LogP contribution in [0.3, 0.4) is 0 Å². The minimum absolute atomic E-state index is 0.478. The van der Waals surface area contributed by atoms with Gasteiger partial charge in [-0.1, -0.05) is 0 Å². The molecule has 0 aliphatic heterocycles. The number of nitrogens with zero attached hydrogens (tertiary/aromatic N) is 1. The van der Waals surface area contributed by atoms with E-state index >= 15 is 0 Å². The fraction of sp³-hybridized carbons (Fsp3) is 0.727. The van der Waals surface area contributed by atoms with Gasteiger partial charge in [-0.2, -0.15) is 0 Å². The predicted octanol–water partition coefficient (Wildman–Crippen LogP) is 1.97. The Balaban J connectivity index is 1.64. The highest BCUT2D eigenvalue weighted by atomic mass is 32.1. The molecular formula is C11H18N2OS. The van der Waals surface area contributed by atoms with Crippen molar-refractivity contribution in [2.24, 2.45) is 5.92 Å². The summed E-state index contributed by atoms with van der Waals surface area (Å²) in [6.45, 7) is 3.89. The van der Waals surface area contributed by atoms with Gasteiger partial charge in [0, 0.05) is 6.20 Å². The third kappa shape index (κ3) is 3.00. The van der Waals surface area contributed by atoms with Crippen LogP contribution in [-0.4, -0.2) is 24.7 Å². The second kappa shape index (κ2) is 5.05. The number of hydrogen-bond acceptors (Lipinski definition) is 4. The van der Waals surface area contributed by atoms with Gasteiger partial charge in [0.25, 0.3) is 0 Å². The number of hydrogen-bond donors (Lipinski definition) is 1. The van der Waals surface area contributed by atoms with Crippen molar-refractivity contribution in [3.63, 3.8) is 0 Å². The smallest absolute Gasteiger partial charge is 0.0897 e. The van der Waals surface area contributed by atoms with E-state index in [2.05, 4.69) is 10.3 Å². The molecule has 84 valence electrons. The zero-order chi connectivity index (χ0) is 10.7. The van der Waals surface area contributed by atoms with Crippen molar-refractivity contribution in [3.8, 4) is 0 Å². The normalized spacial score (nSPS) is 25.2. The molecule has 3 nitrogen and oxygen atoms in total. The van der Waals surface area contributed by atoms with Gasteiger partial charge in [-0.15, -0.1) is 11.3 Å². The molecule has 0 saturated heterocycles. The van der Waals surface area contributed by atoms with Crippen LogP contribution in [-0.2, 0) is 11.3 Å². The molecule has 0 unspecified atom stereocenters. The molecule has 2 rings (SSSR count). The minimum atomic E-state index is 0.478. The van der Waals surface area contributed by atoms with Crippen LogP contribution in [0.2, 0.25) is 0 Å². The molecular weight excluding hydrogens is 208 g/mol. The lowest BCUT2D eigenvalue weighted by Gasteiger charge is -2.34. The van der Waals surface area contributed by atoms with Crippen LogP contribution in [0.25, 0.3) is 0 Å². The molecule has 0 atom stereocenters. The Morgan fingerprint density at radius 3 is 3.00 bits per heavy atom. The highest BCUT2D eigenvalue weighted by Crippen LogP contribution is 2.30. The van der Waals surface area contributed by atoms with Gasteiger partial charge in [0.1, 0.15) is 0 Å². The third-order valence-electron chi connectivity index (χ3n) is 2.82. The summed E-state index contributed by atoms with van der Waals surface area (Å²) >= 11 is 1.73. The van der Waals surface area contributed by atoms with Gasteiger partial charge in [0.15, 0.2) is 0 Å². The van der Waals surface area contributed by atoms with Gasteiger partial charge in [-0.05, 0) is 39.3 Å². The van der Waals surface area contributed by atoms with E-state index in [4.69, 9.17) is 4.74 Å². The van der Waals surface area contributed by atoms with Crippen LogP contribution in [0.4, 0.5) is 0 Å². The quantitative estimate of drug-likeness (QED) is 0.833. The molecule has 1 fully saturated rings. The highest BCUT2D eigenvalue weighted by molar-refractivity contribution is 7.11. The molecule has 1 aliphatic rings. The maximum absolute atomic E-state index is 5.80. The van der Waals surface area contributed by atoms with Crippen LogP contribution < -0.4 is 5.32 Å². The second-order valence-corrected chi connectivity index (χ2v) is 5.49. The lowest BCUT2D eigenvalue weighted by molar-refractivity contribution is -0.0381. The standard InChI is InChI=1S/C11H18N2OS/c1-8-13-6-11(15-8)7-14-10-3-9(4-10)5-12-2/h6,9-10,12H,3-5,7H2,1-2H3. The molecule has 0 bridgehead atoms. The number of ether oxygens (including phenoxy) is 1. The average Bonchev–Trinajstić information content (AvgIpc) is 2.55. The molecule has 1 heterocycles. The summed E-state index contributed by atoms with van der Waals surface area (Å²) in [6, 6.07) is 0. The molecule has 0 radical (unpaired) electrons. The fourth-order valence-corrected chi connectivity index (χ4v) is 2.66. The van der Waals surface area contributed by atoms with Crippen LogP contribution in [0.15, 0.2) is 6.20 Å². The third-order valence-corrected chi connectivity index (χ3v) is 3.70. The zero-order valence-electron chi connectivity index (χ0n) is 9.32. The molecule has 1 aromatic heterocycles. The largest absolute Gasteiger partial charge is 0.373 e. The summed E-state index contributed by atoms with van der Waals surface area (Å²) in [5.41, 5.74) is 0. The number of thiazole rings is 1. The van der Waals surface area contributed by atoms with Crippen molar-refractivity contribution < 1.29 is 4.74 Å². The second-order valence-electron chi connectivity index (χ2n) is 4.17. The topological polar surface area (TPSA) is 34.1 Å². The summed E-state index contributed by atoms with van der Waals surface area (Å²) in [6.07, 6.45) is 4.81. The first kappa shape index (κ1) is 11.0. The van der Waals surface area contributed by atoms with Gasteiger partial charge in [0.2, 0.25) is 0 Å². The maximum atomic E-state index is 5.80. The fourth-order valence-electron chi connectivity index (χ4n) is 1.94. The van der Waals surface area contributed by atoms with E-state index in [0.717, 1.165) is 24.1 Å². The van der Waals surface area contributed by atoms with E-state index in [9.17, 15) is 0 Å². The van der Waals surface area contributed by atoms with Crippen molar-refractivity contribution in [1.29, 1.82) is 0 Å². The van der Waals surface area contributed by atoms with Crippen molar-refractivity contribution in [2.75, 3.05) is 13.6 Å². The van der Waals surface area contributed by atoms with E-state index in [1.807, 2.05) is 20.2 Å². The molecule has 4 heteroatoms. The number of rotatable bonds is 5. The minimum Gasteiger partial charge on any atom is -0.373 e. The number of nitrogens with one attached hydrogen (secondary N) is 1. The van der Waals surface area contributed by atoms with E-state index in [-0.39, 0.29) is 0 Å². The summed E-state index contributed by atoms with van der Waals surface area (Å²) in [5.74, 6) is 0.822. The Kier molecular flexibility index (Phi) is 3.72. The molecule has 0 amide bonds. The summed E-state index contributed by atoms with van der Waals surface area (Å²) in [4.78, 5) is 5.45. The molecule has 0 aromatic carbocycles. The Morgan fingerprint density at radius 1 is 1.60 bits per heavy atom. The van der Waals surface area contributed by atoms with Crippen molar-refractivity contribution in [2.45, 2.75) is 32.5 Å². The summed E-state index contributed by atoms with van der Waals surface area (Å²) in [7, 11) is 2.01. The molecule has 0 spiro atoms. The number of aromatic nitrogens is 1. The Labute approximate surface area is 94.9 Å². The Morgan fingerprint density at radius 2 is 2.40 bits per heavy atom. The highest BCUT2D eigenvalue weighted by Gasteiger charge is 2.29. The zero-order valence-corrected chi connectivity index (χ0v) is 10.1. The van der Waals surface area contributed by atoms with E-state index in [1.165, 1.54) is 17.7 Å². The van der Waals surface area contributed by atoms with E-state index < -0.39 is 0 Å². The van der Waals surface area contributed by atoms with Gasteiger partial charge >= 0.3 is 0 Å². The van der Waals surface area contributed by atoms with Crippen molar-refractivity contribution >= 4 is 11.3 Å². The van der Waals surface area contributed by atoms with Crippen LogP contribution in [0.1, 0.15) is 22.7 Å². The van der Waals surface area contributed by atoms with E-state index in [1.54, 1.807) is 11.3 Å². The van der Waals surface area contributed by atoms with Crippen molar-refractivity contribution in [3.05, 3.63) is 16.1 Å². The van der Waals surface area contributed by atoms with Gasteiger partial charge in [-0.3, -0.25) is 0 Å². The van der Waals surface area contributed by atoms with Crippen LogP contribution in [0.5, 0.6) is 0 Å². The van der Waals surface area contributed by atoms with Crippen LogP contribution in [0, 0.1) is 12.8 Å². The maximum Gasteiger partial charge on any atom is 0.0897 e. The molecule has 1 aromatic rings. The Hall–Kier alpha value is -0.450. The summed E-state index contributed by atoms with van der Waals surface area (Å²) in [5, 5.41) is 4.32. The number of aryl methyl sites for hydroxylation is 1. The first-order chi connectivity index (χ1) is 7.28. The monoisotopic (exact) mass is 226 g/mol. The summed E-state index contributed by atoms with van der Waals surface area (Å²) < 4.78 is 5.80. The predicted molar refractivity (Wildman–Crippen MR) is 62.1 cm³/mol. The van der Waals surface area contributed by atoms with Crippen molar-refractivity contribution in [1.82, 2.24) is 10.3 Å². The van der Waals surface area contributed by atoms with Gasteiger partial charge < -0.3 is 10.1 Å². The average molecular weight is 226 g/mol. The van der Waals surface area contributed by atoms with Crippen LogP contribution >= 0.6 is 11.3 Å². The molecule has 1 N–H and O–H groups in total. The molecule has 15 heavy (non-hydrogen) atoms. The lowest BCUT2D eigenvalue weighted by atomic mass is 9.82. The lowest BCUT2D eigenvalue weighted by Crippen LogP contribution is -2.36. The SMILES string of the molecule is CNCC1CC(OCc2cnc(C)s2)C1. The first-order valence-electron chi connectivity index (χ1n) is 5.45. The van der Waals surface area contributed by atoms with Gasteiger partial charge in [-0.25, -0.2) is 4.98 Å². The van der Waals surface area contributed by atoms with Gasteiger partial charge in [0.05, 0.1) is 22.6 Å².